The number of benzene rings is 5. The van der Waals surface area contributed by atoms with Crippen LogP contribution in [0.15, 0.2) is 109 Å². The van der Waals surface area contributed by atoms with E-state index in [-0.39, 0.29) is 46.8 Å². The number of hydrogen-bond donors (Lipinski definition) is 0. The molecule has 0 aromatic heterocycles. The molecule has 0 heterocycles. The highest BCUT2D eigenvalue weighted by Gasteiger charge is 2.14. The van der Waals surface area contributed by atoms with Crippen molar-refractivity contribution in [3.8, 4) is 39.5 Å². The van der Waals surface area contributed by atoms with Gasteiger partial charge in [0, 0.05) is 36.1 Å². The minimum Gasteiger partial charge on any atom is -0.427 e. The van der Waals surface area contributed by atoms with Crippen LogP contribution in [0.2, 0.25) is 0 Å². The molecule has 6 nitrogen and oxygen atoms in total. The predicted molar refractivity (Wildman–Crippen MR) is 188 cm³/mol. The Morgan fingerprint density at radius 2 is 0.808 bits per heavy atom. The summed E-state index contributed by atoms with van der Waals surface area (Å²) in [5, 5.41) is 0. The van der Waals surface area contributed by atoms with Crippen LogP contribution in [0.3, 0.4) is 0 Å². The van der Waals surface area contributed by atoms with Crippen molar-refractivity contribution in [2.75, 3.05) is 0 Å². The maximum atomic E-state index is 14.6. The number of hydrogen-bond acceptors (Lipinski definition) is 6. The standard InChI is InChI=1S/C42H36F4O6/c43-31-16-10-28(11-17-31)36-24-22-34(26-38(36)45)51-41(48)9-7-5-3-1-2-4-6-8-40(47)50-33-20-14-30(15-21-33)42(49)52-35-23-25-37(39(46)27-35)29-12-18-32(44)19-13-29/h10-27H,1-9H2. The quantitative estimate of drug-likeness (QED) is 0.0439. The monoisotopic (exact) mass is 712 g/mol. The van der Waals surface area contributed by atoms with Gasteiger partial charge < -0.3 is 14.2 Å². The highest BCUT2D eigenvalue weighted by Crippen LogP contribution is 2.28. The lowest BCUT2D eigenvalue weighted by molar-refractivity contribution is -0.135. The van der Waals surface area contributed by atoms with Crippen molar-refractivity contribution in [3.63, 3.8) is 0 Å². The second-order valence-corrected chi connectivity index (χ2v) is 12.1. The highest BCUT2D eigenvalue weighted by molar-refractivity contribution is 5.91. The Hall–Kier alpha value is -5.77. The molecule has 52 heavy (non-hydrogen) atoms. The number of unbranched alkanes of at least 4 members (excludes halogenated alkanes) is 6. The van der Waals surface area contributed by atoms with Gasteiger partial charge in [0.25, 0.3) is 0 Å². The maximum Gasteiger partial charge on any atom is 0.343 e. The van der Waals surface area contributed by atoms with Gasteiger partial charge >= 0.3 is 17.9 Å². The third kappa shape index (κ3) is 11.1. The topological polar surface area (TPSA) is 78.9 Å². The summed E-state index contributed by atoms with van der Waals surface area (Å²) in [6.45, 7) is 0. The van der Waals surface area contributed by atoms with Crippen molar-refractivity contribution in [1.29, 1.82) is 0 Å². The molecular weight excluding hydrogens is 676 g/mol. The van der Waals surface area contributed by atoms with Crippen LogP contribution in [0.4, 0.5) is 17.6 Å². The normalized spacial score (nSPS) is 10.8. The average molecular weight is 713 g/mol. The summed E-state index contributed by atoms with van der Waals surface area (Å²) in [5.74, 6) is -3.18. The molecule has 5 aromatic carbocycles. The Balaban J connectivity index is 0.918. The zero-order chi connectivity index (χ0) is 36.9. The Labute approximate surface area is 299 Å². The fraction of sp³-hybridized carbons (Fsp3) is 0.214. The van der Waals surface area contributed by atoms with Crippen LogP contribution >= 0.6 is 0 Å². The average Bonchev–Trinajstić information content (AvgIpc) is 3.12. The summed E-state index contributed by atoms with van der Waals surface area (Å²) in [5.41, 5.74) is 1.72. The zero-order valence-electron chi connectivity index (χ0n) is 28.2. The van der Waals surface area contributed by atoms with E-state index >= 15 is 0 Å². The molecule has 0 amide bonds. The van der Waals surface area contributed by atoms with E-state index in [4.69, 9.17) is 14.2 Å². The first-order valence-electron chi connectivity index (χ1n) is 17.0. The van der Waals surface area contributed by atoms with Crippen molar-refractivity contribution in [1.82, 2.24) is 0 Å². The molecule has 0 spiro atoms. The molecule has 0 N–H and O–H groups in total. The summed E-state index contributed by atoms with van der Waals surface area (Å²) >= 11 is 0. The molecule has 0 fully saturated rings. The third-order valence-corrected chi connectivity index (χ3v) is 8.22. The smallest absolute Gasteiger partial charge is 0.343 e. The Kier molecular flexibility index (Phi) is 13.3. The minimum absolute atomic E-state index is 0.00616. The number of carbonyl (C=O) groups is 3. The summed E-state index contributed by atoms with van der Waals surface area (Å²) in [6, 6.07) is 24.8. The van der Waals surface area contributed by atoms with E-state index in [2.05, 4.69) is 0 Å². The number of carbonyl (C=O) groups excluding carboxylic acids is 3. The molecule has 0 unspecified atom stereocenters. The Morgan fingerprint density at radius 3 is 1.25 bits per heavy atom. The van der Waals surface area contributed by atoms with Gasteiger partial charge in [-0.3, -0.25) is 9.59 Å². The summed E-state index contributed by atoms with van der Waals surface area (Å²) < 4.78 is 71.4. The number of esters is 3. The molecule has 10 heteroatoms. The summed E-state index contributed by atoms with van der Waals surface area (Å²) in [7, 11) is 0. The molecule has 0 aliphatic heterocycles. The molecule has 0 saturated heterocycles. The van der Waals surface area contributed by atoms with E-state index in [0.29, 0.717) is 24.0 Å². The van der Waals surface area contributed by atoms with Gasteiger partial charge in [-0.25, -0.2) is 22.4 Å². The van der Waals surface area contributed by atoms with Crippen molar-refractivity contribution < 1.29 is 46.2 Å². The van der Waals surface area contributed by atoms with E-state index in [9.17, 15) is 31.9 Å². The van der Waals surface area contributed by atoms with Crippen molar-refractivity contribution in [3.05, 3.63) is 138 Å². The largest absolute Gasteiger partial charge is 0.427 e. The van der Waals surface area contributed by atoms with Gasteiger partial charge in [-0.05, 0) is 96.8 Å². The SMILES string of the molecule is O=C(CCCCCCCCCC(=O)Oc1ccc(-c2ccc(F)cc2)c(F)c1)Oc1ccc(C(=O)Oc2ccc(-c3ccc(F)cc3)c(F)c2)cc1. The molecule has 5 rings (SSSR count). The first-order chi connectivity index (χ1) is 25.1. The van der Waals surface area contributed by atoms with Crippen LogP contribution in [0.1, 0.15) is 68.1 Å². The lowest BCUT2D eigenvalue weighted by Gasteiger charge is -2.09. The number of halogens is 4. The van der Waals surface area contributed by atoms with Crippen LogP contribution in [0.25, 0.3) is 22.3 Å². The van der Waals surface area contributed by atoms with Crippen LogP contribution in [-0.4, -0.2) is 17.9 Å². The molecular formula is C42H36F4O6. The summed E-state index contributed by atoms with van der Waals surface area (Å²) in [6.07, 6.45) is 6.21. The van der Waals surface area contributed by atoms with Crippen molar-refractivity contribution >= 4 is 17.9 Å². The third-order valence-electron chi connectivity index (χ3n) is 8.22. The van der Waals surface area contributed by atoms with Crippen LogP contribution in [0, 0.1) is 23.3 Å². The first kappa shape index (κ1) is 37.5. The Morgan fingerprint density at radius 1 is 0.423 bits per heavy atom. The van der Waals surface area contributed by atoms with Gasteiger partial charge in [0.15, 0.2) is 0 Å². The molecule has 0 atom stereocenters. The second kappa shape index (κ2) is 18.5. The first-order valence-corrected chi connectivity index (χ1v) is 17.0. The molecule has 0 aliphatic carbocycles. The second-order valence-electron chi connectivity index (χ2n) is 12.1. The molecule has 0 radical (unpaired) electrons. The maximum absolute atomic E-state index is 14.6. The van der Waals surface area contributed by atoms with E-state index < -0.39 is 41.2 Å². The lowest BCUT2D eigenvalue weighted by Crippen LogP contribution is -2.10. The van der Waals surface area contributed by atoms with Gasteiger partial charge in [0.1, 0.15) is 40.5 Å². The molecule has 0 bridgehead atoms. The van der Waals surface area contributed by atoms with Gasteiger partial charge in [-0.15, -0.1) is 0 Å². The highest BCUT2D eigenvalue weighted by atomic mass is 19.1. The summed E-state index contributed by atoms with van der Waals surface area (Å²) in [4.78, 5) is 37.0. The van der Waals surface area contributed by atoms with Gasteiger partial charge in [-0.2, -0.15) is 0 Å². The van der Waals surface area contributed by atoms with Gasteiger partial charge in [-0.1, -0.05) is 56.4 Å². The van der Waals surface area contributed by atoms with Gasteiger partial charge in [0.2, 0.25) is 0 Å². The van der Waals surface area contributed by atoms with Crippen molar-refractivity contribution in [2.24, 2.45) is 0 Å². The van der Waals surface area contributed by atoms with E-state index in [1.54, 1.807) is 0 Å². The predicted octanol–water partition coefficient (Wildman–Crippen LogP) is 10.8. The van der Waals surface area contributed by atoms with Crippen LogP contribution in [-0.2, 0) is 9.59 Å². The van der Waals surface area contributed by atoms with Crippen LogP contribution < -0.4 is 14.2 Å². The van der Waals surface area contributed by atoms with Crippen LogP contribution in [0.5, 0.6) is 17.2 Å². The zero-order valence-corrected chi connectivity index (χ0v) is 28.2. The Bertz CT molecular complexity index is 1980. The molecule has 5 aromatic rings. The van der Waals surface area contributed by atoms with Crippen molar-refractivity contribution in [2.45, 2.75) is 57.8 Å². The van der Waals surface area contributed by atoms with E-state index in [1.165, 1.54) is 97.1 Å². The number of ether oxygens (including phenoxy) is 3. The molecule has 0 aliphatic rings. The van der Waals surface area contributed by atoms with E-state index in [1.807, 2.05) is 0 Å². The fourth-order valence-corrected chi connectivity index (χ4v) is 5.46. The fourth-order valence-electron chi connectivity index (χ4n) is 5.46. The number of rotatable bonds is 16. The van der Waals surface area contributed by atoms with Gasteiger partial charge in [0.05, 0.1) is 5.56 Å². The molecule has 268 valence electrons. The minimum atomic E-state index is -0.713. The van der Waals surface area contributed by atoms with E-state index in [0.717, 1.165) is 44.2 Å². The molecule has 0 saturated carbocycles. The lowest BCUT2D eigenvalue weighted by atomic mass is 10.0.